The fraction of sp³-hybridized carbons (Fsp3) is 0.250. The lowest BCUT2D eigenvalue weighted by molar-refractivity contribution is -0.138. The Balaban J connectivity index is 1.79. The van der Waals surface area contributed by atoms with Gasteiger partial charge in [-0.1, -0.05) is 79.9 Å². The van der Waals surface area contributed by atoms with Crippen molar-refractivity contribution in [3.63, 3.8) is 0 Å². The second-order valence-corrected chi connectivity index (χ2v) is 7.02. The summed E-state index contributed by atoms with van der Waals surface area (Å²) in [4.78, 5) is 25.1. The maximum Gasteiger partial charge on any atom is 0.336 e. The number of aliphatic hydroxyl groups is 1. The highest BCUT2D eigenvalue weighted by molar-refractivity contribution is 6.01. The SMILES string of the molecule is O=C(C=Cc1ccccc1)O/C(C(=O)NC1CCCCC1)=C(\O)c1ccccc1. The van der Waals surface area contributed by atoms with Gasteiger partial charge in [0.1, 0.15) is 0 Å². The van der Waals surface area contributed by atoms with Crippen LogP contribution in [0.2, 0.25) is 0 Å². The standard InChI is InChI=1S/C24H25NO4/c26-21(17-16-18-10-4-1-5-11-18)29-23(22(27)19-12-6-2-7-13-19)24(28)25-20-14-8-3-9-15-20/h1-2,4-7,10-13,16-17,20,27H,3,8-9,14-15H2,(H,25,28)/b17-16?,23-22-. The van der Waals surface area contributed by atoms with Crippen LogP contribution < -0.4 is 5.32 Å². The van der Waals surface area contributed by atoms with E-state index in [1.807, 2.05) is 30.3 Å². The van der Waals surface area contributed by atoms with Crippen LogP contribution in [0.1, 0.15) is 43.2 Å². The van der Waals surface area contributed by atoms with E-state index < -0.39 is 11.9 Å². The molecule has 2 N–H and O–H groups in total. The van der Waals surface area contributed by atoms with Crippen molar-refractivity contribution in [2.45, 2.75) is 38.1 Å². The molecule has 0 spiro atoms. The number of hydrogen-bond donors (Lipinski definition) is 2. The molecule has 0 atom stereocenters. The molecule has 0 radical (unpaired) electrons. The van der Waals surface area contributed by atoms with Crippen LogP contribution in [0.25, 0.3) is 11.8 Å². The molecule has 150 valence electrons. The lowest BCUT2D eigenvalue weighted by atomic mass is 9.95. The van der Waals surface area contributed by atoms with E-state index in [0.717, 1.165) is 37.7 Å². The van der Waals surface area contributed by atoms with Gasteiger partial charge in [0.05, 0.1) is 0 Å². The lowest BCUT2D eigenvalue weighted by Gasteiger charge is -2.23. The zero-order valence-corrected chi connectivity index (χ0v) is 16.2. The van der Waals surface area contributed by atoms with Crippen LogP contribution >= 0.6 is 0 Å². The molecule has 5 heteroatoms. The predicted molar refractivity (Wildman–Crippen MR) is 113 cm³/mol. The second kappa shape index (κ2) is 10.3. The highest BCUT2D eigenvalue weighted by Crippen LogP contribution is 2.21. The van der Waals surface area contributed by atoms with Crippen LogP contribution in [0.3, 0.4) is 0 Å². The molecule has 0 saturated heterocycles. The molecular weight excluding hydrogens is 366 g/mol. The Morgan fingerprint density at radius 1 is 0.931 bits per heavy atom. The molecule has 1 amide bonds. The number of carbonyl (C=O) groups is 2. The van der Waals surface area contributed by atoms with E-state index in [9.17, 15) is 14.7 Å². The summed E-state index contributed by atoms with van der Waals surface area (Å²) in [7, 11) is 0. The zero-order valence-electron chi connectivity index (χ0n) is 16.2. The van der Waals surface area contributed by atoms with Gasteiger partial charge in [-0.25, -0.2) is 4.79 Å². The smallest absolute Gasteiger partial charge is 0.336 e. The zero-order chi connectivity index (χ0) is 20.5. The number of hydrogen-bond acceptors (Lipinski definition) is 4. The van der Waals surface area contributed by atoms with Crippen molar-refractivity contribution in [3.05, 3.63) is 83.6 Å². The lowest BCUT2D eigenvalue weighted by Crippen LogP contribution is -2.38. The summed E-state index contributed by atoms with van der Waals surface area (Å²) >= 11 is 0. The summed E-state index contributed by atoms with van der Waals surface area (Å²) in [6, 6.07) is 17.9. The van der Waals surface area contributed by atoms with E-state index in [0.29, 0.717) is 5.56 Å². The Morgan fingerprint density at radius 3 is 2.21 bits per heavy atom. The summed E-state index contributed by atoms with van der Waals surface area (Å²) in [5.41, 5.74) is 1.23. The predicted octanol–water partition coefficient (Wildman–Crippen LogP) is 4.62. The van der Waals surface area contributed by atoms with E-state index in [2.05, 4.69) is 5.32 Å². The summed E-state index contributed by atoms with van der Waals surface area (Å²) in [6.07, 6.45) is 7.85. The fourth-order valence-electron chi connectivity index (χ4n) is 3.29. The van der Waals surface area contributed by atoms with Gasteiger partial charge in [0, 0.05) is 17.7 Å². The molecule has 0 unspecified atom stereocenters. The van der Waals surface area contributed by atoms with Crippen LogP contribution in [-0.4, -0.2) is 23.0 Å². The molecule has 2 aromatic carbocycles. The largest absolute Gasteiger partial charge is 0.504 e. The van der Waals surface area contributed by atoms with Crippen molar-refractivity contribution < 1.29 is 19.4 Å². The first-order valence-electron chi connectivity index (χ1n) is 9.88. The molecule has 1 saturated carbocycles. The molecular formula is C24H25NO4. The average Bonchev–Trinajstić information content (AvgIpc) is 2.77. The Morgan fingerprint density at radius 2 is 1.55 bits per heavy atom. The number of nitrogens with one attached hydrogen (secondary N) is 1. The van der Waals surface area contributed by atoms with Gasteiger partial charge in [0.15, 0.2) is 5.76 Å². The van der Waals surface area contributed by atoms with Crippen LogP contribution in [0.4, 0.5) is 0 Å². The Hall–Kier alpha value is -3.34. The van der Waals surface area contributed by atoms with Gasteiger partial charge in [0.2, 0.25) is 5.76 Å². The summed E-state index contributed by atoms with van der Waals surface area (Å²) in [5.74, 6) is -2.06. The van der Waals surface area contributed by atoms with Crippen LogP contribution in [0.5, 0.6) is 0 Å². The summed E-state index contributed by atoms with van der Waals surface area (Å²) in [6.45, 7) is 0. The van der Waals surface area contributed by atoms with Gasteiger partial charge in [-0.2, -0.15) is 0 Å². The third kappa shape index (κ3) is 6.07. The maximum atomic E-state index is 12.8. The van der Waals surface area contributed by atoms with Crippen molar-refractivity contribution in [2.24, 2.45) is 0 Å². The van der Waals surface area contributed by atoms with Gasteiger partial charge in [0.25, 0.3) is 5.91 Å². The fourth-order valence-corrected chi connectivity index (χ4v) is 3.29. The number of amides is 1. The van der Waals surface area contributed by atoms with Crippen molar-refractivity contribution in [1.82, 2.24) is 5.32 Å². The van der Waals surface area contributed by atoms with Crippen molar-refractivity contribution in [1.29, 1.82) is 0 Å². The van der Waals surface area contributed by atoms with E-state index >= 15 is 0 Å². The molecule has 0 heterocycles. The minimum absolute atomic E-state index is 0.0217. The minimum atomic E-state index is -0.731. The summed E-state index contributed by atoms with van der Waals surface area (Å²) < 4.78 is 5.28. The first-order chi connectivity index (χ1) is 14.1. The molecule has 0 bridgehead atoms. The number of aliphatic hydroxyl groups excluding tert-OH is 1. The first-order valence-corrected chi connectivity index (χ1v) is 9.88. The normalized spacial score (nSPS) is 15.6. The Labute approximate surface area is 170 Å². The number of ether oxygens (including phenoxy) is 1. The molecule has 0 aromatic heterocycles. The highest BCUT2D eigenvalue weighted by atomic mass is 16.5. The van der Waals surface area contributed by atoms with Gasteiger partial charge >= 0.3 is 5.97 Å². The van der Waals surface area contributed by atoms with Crippen molar-refractivity contribution in [2.75, 3.05) is 0 Å². The Kier molecular flexibility index (Phi) is 7.22. The van der Waals surface area contributed by atoms with Gasteiger partial charge in [-0.3, -0.25) is 4.79 Å². The van der Waals surface area contributed by atoms with Crippen molar-refractivity contribution >= 4 is 23.7 Å². The van der Waals surface area contributed by atoms with E-state index in [-0.39, 0.29) is 17.6 Å². The van der Waals surface area contributed by atoms with Crippen LogP contribution in [0, 0.1) is 0 Å². The number of rotatable bonds is 6. The second-order valence-electron chi connectivity index (χ2n) is 7.02. The highest BCUT2D eigenvalue weighted by Gasteiger charge is 2.24. The molecule has 5 nitrogen and oxygen atoms in total. The molecule has 1 aliphatic carbocycles. The van der Waals surface area contributed by atoms with Gasteiger partial charge in [-0.05, 0) is 24.5 Å². The third-order valence-corrected chi connectivity index (χ3v) is 4.82. The minimum Gasteiger partial charge on any atom is -0.504 e. The van der Waals surface area contributed by atoms with Crippen molar-refractivity contribution in [3.8, 4) is 0 Å². The number of carbonyl (C=O) groups excluding carboxylic acids is 2. The third-order valence-electron chi connectivity index (χ3n) is 4.82. The number of esters is 1. The van der Waals surface area contributed by atoms with Gasteiger partial charge in [-0.15, -0.1) is 0 Å². The quantitative estimate of drug-likeness (QED) is 0.428. The van der Waals surface area contributed by atoms with E-state index in [1.165, 1.54) is 6.08 Å². The number of benzene rings is 2. The Bertz CT molecular complexity index is 882. The molecule has 2 aromatic rings. The first kappa shape index (κ1) is 20.4. The van der Waals surface area contributed by atoms with E-state index in [1.54, 1.807) is 36.4 Å². The van der Waals surface area contributed by atoms with E-state index in [4.69, 9.17) is 4.74 Å². The monoisotopic (exact) mass is 391 g/mol. The van der Waals surface area contributed by atoms with Crippen LogP contribution in [-0.2, 0) is 14.3 Å². The molecule has 29 heavy (non-hydrogen) atoms. The molecule has 0 aliphatic heterocycles. The molecule has 1 fully saturated rings. The maximum absolute atomic E-state index is 12.8. The topological polar surface area (TPSA) is 75.6 Å². The molecule has 1 aliphatic rings. The van der Waals surface area contributed by atoms with Gasteiger partial charge < -0.3 is 15.2 Å². The van der Waals surface area contributed by atoms with Crippen LogP contribution in [0.15, 0.2) is 72.5 Å². The average molecular weight is 391 g/mol. The summed E-state index contributed by atoms with van der Waals surface area (Å²) in [5, 5.41) is 13.5. The molecule has 3 rings (SSSR count).